The predicted octanol–water partition coefficient (Wildman–Crippen LogP) is 2.73. The van der Waals surface area contributed by atoms with Crippen LogP contribution in [0.5, 0.6) is 0 Å². The summed E-state index contributed by atoms with van der Waals surface area (Å²) < 4.78 is 33.1. The summed E-state index contributed by atoms with van der Waals surface area (Å²) in [7, 11) is 0. The van der Waals surface area contributed by atoms with Gasteiger partial charge in [0.1, 0.15) is 11.6 Å². The highest BCUT2D eigenvalue weighted by atomic mass is 19.1. The Balaban J connectivity index is 2.20. The van der Waals surface area contributed by atoms with Gasteiger partial charge in [-0.1, -0.05) is 19.9 Å². The Bertz CT molecular complexity index is 456. The van der Waals surface area contributed by atoms with Crippen molar-refractivity contribution >= 4 is 0 Å². The van der Waals surface area contributed by atoms with E-state index in [1.807, 2.05) is 0 Å². The molecular formula is C16H24F2N2O. The third-order valence-corrected chi connectivity index (χ3v) is 3.91. The van der Waals surface area contributed by atoms with Crippen molar-refractivity contribution < 1.29 is 13.5 Å². The number of hydrogen-bond donors (Lipinski definition) is 1. The van der Waals surface area contributed by atoms with Crippen LogP contribution in [0.1, 0.15) is 31.9 Å². The van der Waals surface area contributed by atoms with E-state index in [0.29, 0.717) is 12.2 Å². The maximum atomic E-state index is 14.1. The molecule has 118 valence electrons. The van der Waals surface area contributed by atoms with Gasteiger partial charge in [-0.15, -0.1) is 0 Å². The van der Waals surface area contributed by atoms with Crippen LogP contribution in [0.3, 0.4) is 0 Å². The lowest BCUT2D eigenvalue weighted by molar-refractivity contribution is -0.0461. The van der Waals surface area contributed by atoms with Crippen LogP contribution in [0, 0.1) is 11.6 Å². The Morgan fingerprint density at radius 1 is 1.38 bits per heavy atom. The molecule has 0 radical (unpaired) electrons. The molecule has 2 rings (SSSR count). The molecule has 1 heterocycles. The normalized spacial score (nSPS) is 21.4. The lowest BCUT2D eigenvalue weighted by atomic mass is 9.99. The summed E-state index contributed by atoms with van der Waals surface area (Å²) in [6.07, 6.45) is 0.828. The van der Waals surface area contributed by atoms with Crippen LogP contribution in [-0.2, 0) is 4.74 Å². The quantitative estimate of drug-likeness (QED) is 0.874. The minimum atomic E-state index is -0.551. The molecular weight excluding hydrogens is 274 g/mol. The molecule has 1 fully saturated rings. The molecule has 0 spiro atoms. The topological polar surface area (TPSA) is 24.5 Å². The number of likely N-dealkylation sites (N-methyl/N-ethyl adjacent to an activating group) is 1. The zero-order chi connectivity index (χ0) is 15.2. The Kier molecular flexibility index (Phi) is 6.08. The second-order valence-electron chi connectivity index (χ2n) is 5.40. The van der Waals surface area contributed by atoms with Gasteiger partial charge in [0.25, 0.3) is 0 Å². The highest BCUT2D eigenvalue weighted by molar-refractivity contribution is 5.23. The minimum Gasteiger partial charge on any atom is -0.374 e. The number of halogens is 2. The van der Waals surface area contributed by atoms with E-state index in [4.69, 9.17) is 4.74 Å². The number of nitrogens with one attached hydrogen (secondary N) is 1. The van der Waals surface area contributed by atoms with Crippen LogP contribution < -0.4 is 5.32 Å². The number of nitrogens with zero attached hydrogens (tertiary/aromatic N) is 1. The fourth-order valence-corrected chi connectivity index (χ4v) is 2.72. The summed E-state index contributed by atoms with van der Waals surface area (Å²) in [5, 5.41) is 3.35. The fourth-order valence-electron chi connectivity index (χ4n) is 2.72. The van der Waals surface area contributed by atoms with Gasteiger partial charge >= 0.3 is 0 Å². The molecule has 5 heteroatoms. The Labute approximate surface area is 125 Å². The first kappa shape index (κ1) is 16.3. The van der Waals surface area contributed by atoms with Crippen LogP contribution in [0.2, 0.25) is 0 Å². The van der Waals surface area contributed by atoms with Crippen LogP contribution in [0.25, 0.3) is 0 Å². The Morgan fingerprint density at radius 3 is 2.86 bits per heavy atom. The predicted molar refractivity (Wildman–Crippen MR) is 79.2 cm³/mol. The Morgan fingerprint density at radius 2 is 2.19 bits per heavy atom. The number of benzene rings is 1. The van der Waals surface area contributed by atoms with Crippen molar-refractivity contribution in [2.24, 2.45) is 0 Å². The summed E-state index contributed by atoms with van der Waals surface area (Å²) in [4.78, 5) is 2.29. The molecule has 1 aliphatic heterocycles. The van der Waals surface area contributed by atoms with Crippen molar-refractivity contribution in [3.63, 3.8) is 0 Å². The summed E-state index contributed by atoms with van der Waals surface area (Å²) in [6, 6.07) is 3.52. The molecule has 1 aromatic carbocycles. The number of rotatable bonds is 6. The van der Waals surface area contributed by atoms with Gasteiger partial charge in [0.15, 0.2) is 0 Å². The second kappa shape index (κ2) is 7.82. The van der Waals surface area contributed by atoms with Crippen molar-refractivity contribution in [1.29, 1.82) is 0 Å². The molecule has 0 aliphatic carbocycles. The molecule has 1 aliphatic rings. The maximum absolute atomic E-state index is 14.1. The average Bonchev–Trinajstić information content (AvgIpc) is 2.49. The SMILES string of the molecule is CCCNC(c1ccc(F)cc1F)C1CN(CC)CCO1. The van der Waals surface area contributed by atoms with Gasteiger partial charge in [-0.25, -0.2) is 8.78 Å². The van der Waals surface area contributed by atoms with Crippen LogP contribution in [-0.4, -0.2) is 43.8 Å². The largest absolute Gasteiger partial charge is 0.374 e. The molecule has 1 N–H and O–H groups in total. The smallest absolute Gasteiger partial charge is 0.130 e. The summed E-state index contributed by atoms with van der Waals surface area (Å²) in [5.41, 5.74) is 0.479. The molecule has 0 amide bonds. The molecule has 1 saturated heterocycles. The van der Waals surface area contributed by atoms with E-state index in [1.54, 1.807) is 0 Å². The molecule has 0 bridgehead atoms. The summed E-state index contributed by atoms with van der Waals surface area (Å²) in [6.45, 7) is 8.19. The third kappa shape index (κ3) is 4.22. The van der Waals surface area contributed by atoms with Crippen molar-refractivity contribution in [2.75, 3.05) is 32.8 Å². The van der Waals surface area contributed by atoms with E-state index < -0.39 is 11.6 Å². The van der Waals surface area contributed by atoms with Gasteiger partial charge in [0.2, 0.25) is 0 Å². The Hall–Kier alpha value is -1.04. The molecule has 0 aromatic heterocycles. The first-order chi connectivity index (χ1) is 10.2. The van der Waals surface area contributed by atoms with E-state index in [0.717, 1.165) is 38.7 Å². The monoisotopic (exact) mass is 298 g/mol. The van der Waals surface area contributed by atoms with Gasteiger partial charge in [-0.3, -0.25) is 4.90 Å². The molecule has 2 atom stereocenters. The first-order valence-corrected chi connectivity index (χ1v) is 7.68. The zero-order valence-electron chi connectivity index (χ0n) is 12.7. The fraction of sp³-hybridized carbons (Fsp3) is 0.625. The van der Waals surface area contributed by atoms with Crippen molar-refractivity contribution in [1.82, 2.24) is 10.2 Å². The average molecular weight is 298 g/mol. The van der Waals surface area contributed by atoms with E-state index in [-0.39, 0.29) is 12.1 Å². The van der Waals surface area contributed by atoms with Crippen molar-refractivity contribution in [3.05, 3.63) is 35.4 Å². The standard InChI is InChI=1S/C16H24F2N2O/c1-3-7-19-16(13-6-5-12(17)10-14(13)18)15-11-20(4-2)8-9-21-15/h5-6,10,15-16,19H,3-4,7-9,11H2,1-2H3. The lowest BCUT2D eigenvalue weighted by Gasteiger charge is -2.37. The highest BCUT2D eigenvalue weighted by Gasteiger charge is 2.30. The number of hydrogen-bond acceptors (Lipinski definition) is 3. The van der Waals surface area contributed by atoms with Crippen molar-refractivity contribution in [3.8, 4) is 0 Å². The third-order valence-electron chi connectivity index (χ3n) is 3.91. The number of ether oxygens (including phenoxy) is 1. The first-order valence-electron chi connectivity index (χ1n) is 7.68. The minimum absolute atomic E-state index is 0.120. The molecule has 1 aromatic rings. The summed E-state index contributed by atoms with van der Waals surface area (Å²) in [5.74, 6) is -1.06. The van der Waals surface area contributed by atoms with Crippen LogP contribution in [0.4, 0.5) is 8.78 Å². The van der Waals surface area contributed by atoms with Gasteiger partial charge in [-0.2, -0.15) is 0 Å². The zero-order valence-corrected chi connectivity index (χ0v) is 12.7. The van der Waals surface area contributed by atoms with Crippen LogP contribution >= 0.6 is 0 Å². The van der Waals surface area contributed by atoms with Gasteiger partial charge in [-0.05, 0) is 25.6 Å². The summed E-state index contributed by atoms with van der Waals surface area (Å²) >= 11 is 0. The van der Waals surface area contributed by atoms with Gasteiger partial charge in [0.05, 0.1) is 18.8 Å². The molecule has 2 unspecified atom stereocenters. The van der Waals surface area contributed by atoms with Gasteiger partial charge < -0.3 is 10.1 Å². The van der Waals surface area contributed by atoms with E-state index in [9.17, 15) is 8.78 Å². The van der Waals surface area contributed by atoms with Crippen LogP contribution in [0.15, 0.2) is 18.2 Å². The van der Waals surface area contributed by atoms with Crippen molar-refractivity contribution in [2.45, 2.75) is 32.4 Å². The molecule has 3 nitrogen and oxygen atoms in total. The lowest BCUT2D eigenvalue weighted by Crippen LogP contribution is -2.48. The second-order valence-corrected chi connectivity index (χ2v) is 5.40. The highest BCUT2D eigenvalue weighted by Crippen LogP contribution is 2.25. The number of morpholine rings is 1. The van der Waals surface area contributed by atoms with E-state index in [2.05, 4.69) is 24.1 Å². The maximum Gasteiger partial charge on any atom is 0.130 e. The molecule has 0 saturated carbocycles. The molecule has 21 heavy (non-hydrogen) atoms. The van der Waals surface area contributed by atoms with E-state index in [1.165, 1.54) is 12.1 Å². The van der Waals surface area contributed by atoms with Gasteiger partial charge in [0, 0.05) is 24.7 Å². The van der Waals surface area contributed by atoms with E-state index >= 15 is 0 Å².